The van der Waals surface area contributed by atoms with Gasteiger partial charge in [0.15, 0.2) is 0 Å². The quantitative estimate of drug-likeness (QED) is 0.862. The third-order valence-electron chi connectivity index (χ3n) is 4.56. The Balaban J connectivity index is 1.87. The van der Waals surface area contributed by atoms with Crippen molar-refractivity contribution in [1.29, 1.82) is 0 Å². The van der Waals surface area contributed by atoms with Crippen molar-refractivity contribution < 1.29 is 19.5 Å². The zero-order valence-electron chi connectivity index (χ0n) is 11.7. The third-order valence-corrected chi connectivity index (χ3v) is 4.56. The number of nitrogens with zero attached hydrogens (tertiary/aromatic N) is 1. The summed E-state index contributed by atoms with van der Waals surface area (Å²) in [6.45, 7) is 0.214. The molecule has 21 heavy (non-hydrogen) atoms. The van der Waals surface area contributed by atoms with Crippen LogP contribution in [0.5, 0.6) is 0 Å². The molecule has 0 unspecified atom stereocenters. The van der Waals surface area contributed by atoms with E-state index < -0.39 is 11.4 Å². The van der Waals surface area contributed by atoms with E-state index in [0.717, 1.165) is 25.7 Å². The molecular weight excluding hydrogens is 270 g/mol. The van der Waals surface area contributed by atoms with E-state index in [-0.39, 0.29) is 24.8 Å². The SMILES string of the molecule is O=C(O)CC1(CN2C(=O)c3ccccc3C2=O)CCCC1. The van der Waals surface area contributed by atoms with Crippen molar-refractivity contribution in [2.24, 2.45) is 5.41 Å². The minimum absolute atomic E-state index is 0.0143. The Morgan fingerprint density at radius 3 is 2.10 bits per heavy atom. The molecule has 1 aliphatic heterocycles. The molecule has 110 valence electrons. The van der Waals surface area contributed by atoms with Crippen LogP contribution in [-0.4, -0.2) is 34.3 Å². The highest BCUT2D eigenvalue weighted by Gasteiger charge is 2.43. The standard InChI is InChI=1S/C16H17NO4/c18-13(19)9-16(7-3-4-8-16)10-17-14(20)11-5-1-2-6-12(11)15(17)21/h1-2,5-6H,3-4,7-10H2,(H,18,19). The Morgan fingerprint density at radius 2 is 1.62 bits per heavy atom. The molecule has 2 amide bonds. The van der Waals surface area contributed by atoms with Crippen LogP contribution >= 0.6 is 0 Å². The van der Waals surface area contributed by atoms with Crippen LogP contribution in [0.4, 0.5) is 0 Å². The Bertz CT molecular complexity index is 581. The van der Waals surface area contributed by atoms with E-state index >= 15 is 0 Å². The van der Waals surface area contributed by atoms with Crippen molar-refractivity contribution in [3.05, 3.63) is 35.4 Å². The first-order valence-electron chi connectivity index (χ1n) is 7.19. The van der Waals surface area contributed by atoms with Crippen LogP contribution in [-0.2, 0) is 4.79 Å². The summed E-state index contributed by atoms with van der Waals surface area (Å²) in [6.07, 6.45) is 3.44. The lowest BCUT2D eigenvalue weighted by atomic mass is 9.82. The Labute approximate surface area is 122 Å². The highest BCUT2D eigenvalue weighted by molar-refractivity contribution is 6.21. The molecule has 0 radical (unpaired) electrons. The second-order valence-corrected chi connectivity index (χ2v) is 6.02. The van der Waals surface area contributed by atoms with Crippen LogP contribution < -0.4 is 0 Å². The number of benzene rings is 1. The average Bonchev–Trinajstić information content (AvgIpc) is 2.99. The number of hydrogen-bond donors (Lipinski definition) is 1. The zero-order valence-corrected chi connectivity index (χ0v) is 11.7. The molecule has 1 aromatic rings. The number of aliphatic carboxylic acids is 1. The number of carbonyl (C=O) groups is 3. The van der Waals surface area contributed by atoms with Gasteiger partial charge < -0.3 is 5.11 Å². The van der Waals surface area contributed by atoms with Gasteiger partial charge in [0.2, 0.25) is 0 Å². The average molecular weight is 287 g/mol. The van der Waals surface area contributed by atoms with Crippen molar-refractivity contribution in [2.75, 3.05) is 6.54 Å². The summed E-state index contributed by atoms with van der Waals surface area (Å²) in [5.41, 5.74) is 0.385. The van der Waals surface area contributed by atoms with Gasteiger partial charge in [-0.15, -0.1) is 0 Å². The highest BCUT2D eigenvalue weighted by atomic mass is 16.4. The van der Waals surface area contributed by atoms with Gasteiger partial charge >= 0.3 is 5.97 Å². The second kappa shape index (κ2) is 4.98. The van der Waals surface area contributed by atoms with Crippen LogP contribution in [0.1, 0.15) is 52.8 Å². The van der Waals surface area contributed by atoms with Crippen LogP contribution in [0, 0.1) is 5.41 Å². The van der Waals surface area contributed by atoms with E-state index in [9.17, 15) is 14.4 Å². The first-order chi connectivity index (χ1) is 10.0. The van der Waals surface area contributed by atoms with Crippen molar-refractivity contribution >= 4 is 17.8 Å². The van der Waals surface area contributed by atoms with E-state index in [1.807, 2.05) is 0 Å². The molecule has 2 aliphatic rings. The maximum Gasteiger partial charge on any atom is 0.303 e. The molecule has 3 rings (SSSR count). The Hall–Kier alpha value is -2.17. The van der Waals surface area contributed by atoms with Crippen molar-refractivity contribution in [1.82, 2.24) is 4.90 Å². The summed E-state index contributed by atoms with van der Waals surface area (Å²) < 4.78 is 0. The molecule has 1 saturated carbocycles. The minimum atomic E-state index is -0.867. The second-order valence-electron chi connectivity index (χ2n) is 6.02. The molecule has 1 N–H and O–H groups in total. The Kier molecular flexibility index (Phi) is 3.27. The number of carboxylic acids is 1. The van der Waals surface area contributed by atoms with E-state index in [0.29, 0.717) is 11.1 Å². The molecule has 0 bridgehead atoms. The smallest absolute Gasteiger partial charge is 0.303 e. The molecule has 5 heteroatoms. The van der Waals surface area contributed by atoms with Crippen molar-refractivity contribution in [3.8, 4) is 0 Å². The van der Waals surface area contributed by atoms with Gasteiger partial charge in [-0.3, -0.25) is 19.3 Å². The monoisotopic (exact) mass is 287 g/mol. The van der Waals surface area contributed by atoms with Gasteiger partial charge in [-0.05, 0) is 30.4 Å². The minimum Gasteiger partial charge on any atom is -0.481 e. The zero-order chi connectivity index (χ0) is 15.0. The number of rotatable bonds is 4. The van der Waals surface area contributed by atoms with Crippen LogP contribution in [0.3, 0.4) is 0 Å². The predicted molar refractivity (Wildman–Crippen MR) is 75.0 cm³/mol. The number of amides is 2. The predicted octanol–water partition coefficient (Wildman–Crippen LogP) is 2.32. The maximum absolute atomic E-state index is 12.4. The largest absolute Gasteiger partial charge is 0.481 e. The van der Waals surface area contributed by atoms with Gasteiger partial charge in [-0.2, -0.15) is 0 Å². The molecule has 0 aromatic heterocycles. The van der Waals surface area contributed by atoms with E-state index in [2.05, 4.69) is 0 Å². The van der Waals surface area contributed by atoms with E-state index in [1.165, 1.54) is 4.90 Å². The summed E-state index contributed by atoms with van der Waals surface area (Å²) in [7, 11) is 0. The van der Waals surface area contributed by atoms with E-state index in [1.54, 1.807) is 24.3 Å². The fourth-order valence-corrected chi connectivity index (χ4v) is 3.55. The fourth-order valence-electron chi connectivity index (χ4n) is 3.55. The molecule has 1 heterocycles. The lowest BCUT2D eigenvalue weighted by Crippen LogP contribution is -2.41. The first kappa shape index (κ1) is 13.8. The maximum atomic E-state index is 12.4. The van der Waals surface area contributed by atoms with Crippen molar-refractivity contribution in [3.63, 3.8) is 0 Å². The van der Waals surface area contributed by atoms with Gasteiger partial charge in [0.05, 0.1) is 17.5 Å². The lowest BCUT2D eigenvalue weighted by molar-refractivity contribution is -0.139. The molecular formula is C16H17NO4. The van der Waals surface area contributed by atoms with E-state index in [4.69, 9.17) is 5.11 Å². The highest BCUT2D eigenvalue weighted by Crippen LogP contribution is 2.43. The lowest BCUT2D eigenvalue weighted by Gasteiger charge is -2.31. The number of hydrogen-bond acceptors (Lipinski definition) is 3. The molecule has 0 spiro atoms. The van der Waals surface area contributed by atoms with Gasteiger partial charge in [0.1, 0.15) is 0 Å². The topological polar surface area (TPSA) is 74.7 Å². The number of carboxylic acid groups (broad SMARTS) is 1. The summed E-state index contributed by atoms with van der Waals surface area (Å²) in [5.74, 6) is -1.46. The summed E-state index contributed by atoms with van der Waals surface area (Å²) in [6, 6.07) is 6.76. The first-order valence-corrected chi connectivity index (χ1v) is 7.19. The third kappa shape index (κ3) is 2.33. The molecule has 1 aliphatic carbocycles. The molecule has 0 saturated heterocycles. The number of imide groups is 1. The van der Waals surface area contributed by atoms with Crippen LogP contribution in [0.15, 0.2) is 24.3 Å². The summed E-state index contributed by atoms with van der Waals surface area (Å²) in [5, 5.41) is 9.13. The molecule has 5 nitrogen and oxygen atoms in total. The molecule has 1 aromatic carbocycles. The summed E-state index contributed by atoms with van der Waals surface area (Å²) in [4.78, 5) is 37.1. The molecule has 1 fully saturated rings. The normalized spacial score (nSPS) is 19.9. The number of fused-ring (bicyclic) bond motifs is 1. The fraction of sp³-hybridized carbons (Fsp3) is 0.438. The summed E-state index contributed by atoms with van der Waals surface area (Å²) >= 11 is 0. The van der Waals surface area contributed by atoms with Crippen LogP contribution in [0.2, 0.25) is 0 Å². The Morgan fingerprint density at radius 1 is 1.10 bits per heavy atom. The van der Waals surface area contributed by atoms with Gasteiger partial charge in [-0.25, -0.2) is 0 Å². The van der Waals surface area contributed by atoms with Gasteiger partial charge in [0, 0.05) is 6.54 Å². The van der Waals surface area contributed by atoms with Gasteiger partial charge in [0.25, 0.3) is 11.8 Å². The van der Waals surface area contributed by atoms with Crippen molar-refractivity contribution in [2.45, 2.75) is 32.1 Å². The van der Waals surface area contributed by atoms with Gasteiger partial charge in [-0.1, -0.05) is 25.0 Å². The molecule has 0 atom stereocenters. The number of carbonyl (C=O) groups excluding carboxylic acids is 2. The van der Waals surface area contributed by atoms with Crippen LogP contribution in [0.25, 0.3) is 0 Å².